The van der Waals surface area contributed by atoms with Gasteiger partial charge >= 0.3 is 0 Å². The monoisotopic (exact) mass is 237 g/mol. The average Bonchev–Trinajstić information content (AvgIpc) is 2.62. The zero-order valence-corrected chi connectivity index (χ0v) is 9.45. The quantitative estimate of drug-likeness (QED) is 0.888. The summed E-state index contributed by atoms with van der Waals surface area (Å²) >= 11 is 0. The van der Waals surface area contributed by atoms with Crippen molar-refractivity contribution >= 4 is 0 Å². The van der Waals surface area contributed by atoms with Crippen LogP contribution in [0.5, 0.6) is 0 Å². The molecule has 0 aliphatic heterocycles. The molecule has 0 aliphatic carbocycles. The molecule has 0 amide bonds. The molecule has 1 heterocycles. The third-order valence-corrected chi connectivity index (χ3v) is 2.67. The van der Waals surface area contributed by atoms with E-state index in [4.69, 9.17) is 5.73 Å². The fraction of sp³-hybridized carbons (Fsp3) is 0.250. The lowest BCUT2D eigenvalue weighted by Crippen LogP contribution is -2.12. The predicted molar refractivity (Wildman–Crippen MR) is 61.4 cm³/mol. The van der Waals surface area contributed by atoms with E-state index in [0.29, 0.717) is 24.2 Å². The lowest BCUT2D eigenvalue weighted by Gasteiger charge is -2.05. The van der Waals surface area contributed by atoms with Gasteiger partial charge in [0.1, 0.15) is 11.6 Å². The fourth-order valence-electron chi connectivity index (χ4n) is 1.77. The van der Waals surface area contributed by atoms with Crippen molar-refractivity contribution in [1.29, 1.82) is 0 Å². The van der Waals surface area contributed by atoms with Crippen LogP contribution in [0.1, 0.15) is 5.69 Å². The van der Waals surface area contributed by atoms with Crippen molar-refractivity contribution in [2.75, 3.05) is 6.54 Å². The van der Waals surface area contributed by atoms with Gasteiger partial charge < -0.3 is 5.73 Å². The molecule has 1 aromatic heterocycles. The van der Waals surface area contributed by atoms with Crippen molar-refractivity contribution in [1.82, 2.24) is 9.78 Å². The van der Waals surface area contributed by atoms with Crippen LogP contribution in [0.2, 0.25) is 0 Å². The maximum Gasteiger partial charge on any atom is 0.134 e. The van der Waals surface area contributed by atoms with E-state index in [1.54, 1.807) is 10.9 Å². The summed E-state index contributed by atoms with van der Waals surface area (Å²) in [7, 11) is 0. The van der Waals surface area contributed by atoms with Crippen molar-refractivity contribution in [3.8, 4) is 11.1 Å². The number of aromatic nitrogens is 2. The molecule has 0 saturated carbocycles. The summed E-state index contributed by atoms with van der Waals surface area (Å²) in [6.45, 7) is 2.88. The highest BCUT2D eigenvalue weighted by atomic mass is 19.1. The number of hydrogen-bond acceptors (Lipinski definition) is 2. The minimum atomic E-state index is -0.585. The van der Waals surface area contributed by atoms with Crippen LogP contribution in [0.4, 0.5) is 8.78 Å². The molecule has 0 radical (unpaired) electrons. The Morgan fingerprint density at radius 3 is 2.71 bits per heavy atom. The Bertz CT molecular complexity index is 535. The minimum absolute atomic E-state index is 0.354. The molecule has 0 fully saturated rings. The maximum absolute atomic E-state index is 13.6. The van der Waals surface area contributed by atoms with Crippen LogP contribution >= 0.6 is 0 Å². The molecule has 90 valence electrons. The van der Waals surface area contributed by atoms with Crippen molar-refractivity contribution in [2.24, 2.45) is 5.73 Å². The first-order chi connectivity index (χ1) is 8.13. The lowest BCUT2D eigenvalue weighted by atomic mass is 10.1. The van der Waals surface area contributed by atoms with E-state index in [0.717, 1.165) is 11.8 Å². The first-order valence-corrected chi connectivity index (χ1v) is 5.31. The Morgan fingerprint density at radius 2 is 2.06 bits per heavy atom. The second kappa shape index (κ2) is 4.63. The van der Waals surface area contributed by atoms with Crippen molar-refractivity contribution < 1.29 is 8.78 Å². The predicted octanol–water partition coefficient (Wildman–Crippen LogP) is 2.10. The summed E-state index contributed by atoms with van der Waals surface area (Å²) in [6.07, 6.45) is 1.57. The zero-order valence-electron chi connectivity index (χ0n) is 9.45. The largest absolute Gasteiger partial charge is 0.329 e. The molecule has 2 aromatic rings. The zero-order chi connectivity index (χ0) is 12.4. The van der Waals surface area contributed by atoms with Gasteiger partial charge in [-0.15, -0.1) is 0 Å². The Hall–Kier alpha value is -1.75. The summed E-state index contributed by atoms with van der Waals surface area (Å²) < 4.78 is 28.1. The molecule has 1 aromatic carbocycles. The number of nitrogens with two attached hydrogens (primary N) is 1. The summed E-state index contributed by atoms with van der Waals surface area (Å²) in [4.78, 5) is 0. The number of rotatable bonds is 3. The number of halogens is 2. The second-order valence-corrected chi connectivity index (χ2v) is 3.78. The SMILES string of the molecule is Cc1c(-c2ccc(F)cc2F)cnn1CCN. The van der Waals surface area contributed by atoms with E-state index in [1.165, 1.54) is 12.1 Å². The molecule has 2 rings (SSSR count). The van der Waals surface area contributed by atoms with Crippen LogP contribution in [0.25, 0.3) is 11.1 Å². The maximum atomic E-state index is 13.6. The molecular formula is C12H13F2N3. The minimum Gasteiger partial charge on any atom is -0.329 e. The van der Waals surface area contributed by atoms with Gasteiger partial charge in [-0.3, -0.25) is 4.68 Å². The van der Waals surface area contributed by atoms with E-state index in [1.807, 2.05) is 6.92 Å². The van der Waals surface area contributed by atoms with Gasteiger partial charge in [-0.05, 0) is 19.1 Å². The van der Waals surface area contributed by atoms with Gasteiger partial charge in [0.15, 0.2) is 0 Å². The summed E-state index contributed by atoms with van der Waals surface area (Å²) in [5.41, 5.74) is 7.28. The number of benzene rings is 1. The molecular weight excluding hydrogens is 224 g/mol. The lowest BCUT2D eigenvalue weighted by molar-refractivity contribution is 0.585. The van der Waals surface area contributed by atoms with Gasteiger partial charge in [0.05, 0.1) is 12.7 Å². The first-order valence-electron chi connectivity index (χ1n) is 5.31. The topological polar surface area (TPSA) is 43.8 Å². The van der Waals surface area contributed by atoms with Crippen LogP contribution in [0.3, 0.4) is 0 Å². The summed E-state index contributed by atoms with van der Waals surface area (Å²) in [6, 6.07) is 3.52. The van der Waals surface area contributed by atoms with E-state index in [2.05, 4.69) is 5.10 Å². The number of hydrogen-bond donors (Lipinski definition) is 1. The van der Waals surface area contributed by atoms with E-state index in [-0.39, 0.29) is 0 Å². The average molecular weight is 237 g/mol. The van der Waals surface area contributed by atoms with E-state index >= 15 is 0 Å². The molecule has 3 nitrogen and oxygen atoms in total. The smallest absolute Gasteiger partial charge is 0.134 e. The van der Waals surface area contributed by atoms with Crippen molar-refractivity contribution in [3.05, 3.63) is 41.7 Å². The molecule has 0 bridgehead atoms. The normalized spacial score (nSPS) is 10.8. The van der Waals surface area contributed by atoms with Gasteiger partial charge in [-0.2, -0.15) is 5.10 Å². The molecule has 0 spiro atoms. The first kappa shape index (κ1) is 11.7. The van der Waals surface area contributed by atoms with Gasteiger partial charge in [0, 0.05) is 29.4 Å². The van der Waals surface area contributed by atoms with Crippen LogP contribution in [-0.4, -0.2) is 16.3 Å². The van der Waals surface area contributed by atoms with Crippen LogP contribution in [-0.2, 0) is 6.54 Å². The molecule has 0 atom stereocenters. The van der Waals surface area contributed by atoms with Gasteiger partial charge in [-0.25, -0.2) is 8.78 Å². The Morgan fingerprint density at radius 1 is 1.29 bits per heavy atom. The van der Waals surface area contributed by atoms with Crippen molar-refractivity contribution in [2.45, 2.75) is 13.5 Å². The molecule has 17 heavy (non-hydrogen) atoms. The Kier molecular flexibility index (Phi) is 3.19. The molecule has 0 saturated heterocycles. The van der Waals surface area contributed by atoms with Gasteiger partial charge in [-0.1, -0.05) is 0 Å². The number of nitrogens with zero attached hydrogens (tertiary/aromatic N) is 2. The standard InChI is InChI=1S/C12H13F2N3/c1-8-11(7-16-17(8)5-4-15)10-3-2-9(13)6-12(10)14/h2-3,6-7H,4-5,15H2,1H3. The Balaban J connectivity index is 2.46. The van der Waals surface area contributed by atoms with Crippen LogP contribution in [0, 0.1) is 18.6 Å². The summed E-state index contributed by atoms with van der Waals surface area (Å²) in [5, 5.41) is 4.12. The third kappa shape index (κ3) is 2.19. The fourth-order valence-corrected chi connectivity index (χ4v) is 1.77. The van der Waals surface area contributed by atoms with Gasteiger partial charge in [0.2, 0.25) is 0 Å². The van der Waals surface area contributed by atoms with Crippen molar-refractivity contribution in [3.63, 3.8) is 0 Å². The third-order valence-electron chi connectivity index (χ3n) is 2.67. The molecule has 0 aliphatic rings. The molecule has 2 N–H and O–H groups in total. The highest BCUT2D eigenvalue weighted by Crippen LogP contribution is 2.26. The van der Waals surface area contributed by atoms with Gasteiger partial charge in [0.25, 0.3) is 0 Å². The molecule has 0 unspecified atom stereocenters. The van der Waals surface area contributed by atoms with E-state index in [9.17, 15) is 8.78 Å². The van der Waals surface area contributed by atoms with E-state index < -0.39 is 11.6 Å². The van der Waals surface area contributed by atoms with Crippen LogP contribution < -0.4 is 5.73 Å². The second-order valence-electron chi connectivity index (χ2n) is 3.78. The highest BCUT2D eigenvalue weighted by molar-refractivity contribution is 5.65. The highest BCUT2D eigenvalue weighted by Gasteiger charge is 2.12. The van der Waals surface area contributed by atoms with Crippen LogP contribution in [0.15, 0.2) is 24.4 Å². The summed E-state index contributed by atoms with van der Waals surface area (Å²) in [5.74, 6) is -1.17. The molecule has 5 heteroatoms. The Labute approximate surface area is 97.9 Å².